The monoisotopic (exact) mass is 275 g/mol. The van der Waals surface area contributed by atoms with E-state index in [-0.39, 0.29) is 11.9 Å². The molecule has 110 valence electrons. The lowest BCUT2D eigenvalue weighted by molar-refractivity contribution is 0.0863. The first-order valence-electron chi connectivity index (χ1n) is 7.49. The van der Waals surface area contributed by atoms with Crippen LogP contribution in [0.5, 0.6) is 0 Å². The van der Waals surface area contributed by atoms with Gasteiger partial charge in [-0.25, -0.2) is 4.98 Å². The summed E-state index contributed by atoms with van der Waals surface area (Å²) in [6, 6.07) is 3.65. The van der Waals surface area contributed by atoms with E-state index in [9.17, 15) is 4.79 Å². The van der Waals surface area contributed by atoms with Gasteiger partial charge in [0.1, 0.15) is 5.69 Å². The van der Waals surface area contributed by atoms with Crippen molar-refractivity contribution in [2.24, 2.45) is 17.8 Å². The molecule has 0 spiro atoms. The third kappa shape index (κ3) is 3.50. The highest BCUT2D eigenvalue weighted by molar-refractivity contribution is 5.92. The fourth-order valence-electron chi connectivity index (χ4n) is 3.15. The van der Waals surface area contributed by atoms with Gasteiger partial charge in [0, 0.05) is 6.04 Å². The molecule has 1 saturated carbocycles. The summed E-state index contributed by atoms with van der Waals surface area (Å²) in [5.74, 6) is 1.74. The third-order valence-corrected chi connectivity index (χ3v) is 4.36. The Bertz CT molecular complexity index is 455. The second-order valence-electron chi connectivity index (χ2n) is 6.38. The molecule has 3 N–H and O–H groups in total. The zero-order chi connectivity index (χ0) is 14.7. The predicted octanol–water partition coefficient (Wildman–Crippen LogP) is 2.85. The molecule has 0 bridgehead atoms. The molecule has 1 aliphatic rings. The molecule has 1 aromatic heterocycles. The number of nitrogens with two attached hydrogens (primary N) is 1. The first-order chi connectivity index (χ1) is 9.47. The lowest BCUT2D eigenvalue weighted by Gasteiger charge is -2.37. The number of hydrogen-bond donors (Lipinski definition) is 2. The number of pyridine rings is 1. The number of nitrogens with one attached hydrogen (secondary N) is 1. The summed E-state index contributed by atoms with van der Waals surface area (Å²) >= 11 is 0. The van der Waals surface area contributed by atoms with Gasteiger partial charge < -0.3 is 11.1 Å². The van der Waals surface area contributed by atoms with E-state index in [1.54, 1.807) is 12.1 Å². The van der Waals surface area contributed by atoms with E-state index in [2.05, 4.69) is 31.1 Å². The highest BCUT2D eigenvalue weighted by atomic mass is 16.1. The van der Waals surface area contributed by atoms with Crippen molar-refractivity contribution in [2.75, 3.05) is 5.73 Å². The first-order valence-corrected chi connectivity index (χ1v) is 7.49. The van der Waals surface area contributed by atoms with E-state index in [0.717, 1.165) is 6.42 Å². The zero-order valence-corrected chi connectivity index (χ0v) is 12.6. The molecule has 0 saturated heterocycles. The number of amides is 1. The highest BCUT2D eigenvalue weighted by Gasteiger charge is 2.31. The number of hydrogen-bond acceptors (Lipinski definition) is 3. The largest absolute Gasteiger partial charge is 0.397 e. The van der Waals surface area contributed by atoms with Gasteiger partial charge in [0.15, 0.2) is 0 Å². The van der Waals surface area contributed by atoms with Crippen LogP contribution >= 0.6 is 0 Å². The van der Waals surface area contributed by atoms with Crippen LogP contribution in [0.4, 0.5) is 5.69 Å². The quantitative estimate of drug-likeness (QED) is 0.891. The normalized spacial score (nSPS) is 26.5. The molecule has 0 radical (unpaired) electrons. The van der Waals surface area contributed by atoms with Crippen LogP contribution in [0, 0.1) is 17.8 Å². The molecule has 1 amide bonds. The average molecular weight is 275 g/mol. The molecule has 4 heteroatoms. The molecule has 3 unspecified atom stereocenters. The standard InChI is InChI=1S/C16H25N3O/c1-10(2)13-6-4-11(3)8-15(13)19-16(20)14-7-5-12(17)9-18-14/h5,7,9-11,13,15H,4,6,8,17H2,1-3H3,(H,19,20). The van der Waals surface area contributed by atoms with Crippen LogP contribution in [0.15, 0.2) is 18.3 Å². The maximum Gasteiger partial charge on any atom is 0.270 e. The Labute approximate surface area is 121 Å². The van der Waals surface area contributed by atoms with E-state index in [1.807, 2.05) is 0 Å². The van der Waals surface area contributed by atoms with Gasteiger partial charge in [-0.1, -0.05) is 27.2 Å². The lowest BCUT2D eigenvalue weighted by Crippen LogP contribution is -2.45. The summed E-state index contributed by atoms with van der Waals surface area (Å²) in [6.07, 6.45) is 5.04. The molecule has 1 aliphatic carbocycles. The van der Waals surface area contributed by atoms with Crippen molar-refractivity contribution in [2.45, 2.75) is 46.1 Å². The molecule has 2 rings (SSSR count). The van der Waals surface area contributed by atoms with Crippen LogP contribution in [-0.2, 0) is 0 Å². The van der Waals surface area contributed by atoms with Gasteiger partial charge in [0.25, 0.3) is 5.91 Å². The summed E-state index contributed by atoms with van der Waals surface area (Å²) in [6.45, 7) is 6.74. The van der Waals surface area contributed by atoms with Crippen molar-refractivity contribution in [3.63, 3.8) is 0 Å². The predicted molar refractivity (Wildman–Crippen MR) is 81.2 cm³/mol. The van der Waals surface area contributed by atoms with Crippen LogP contribution in [0.25, 0.3) is 0 Å². The number of nitrogens with zero attached hydrogens (tertiary/aromatic N) is 1. The Morgan fingerprint density at radius 1 is 1.40 bits per heavy atom. The fourth-order valence-corrected chi connectivity index (χ4v) is 3.15. The molecule has 3 atom stereocenters. The van der Waals surface area contributed by atoms with Gasteiger partial charge >= 0.3 is 0 Å². The molecule has 1 fully saturated rings. The number of nitrogen functional groups attached to an aromatic ring is 1. The first kappa shape index (κ1) is 14.8. The van der Waals surface area contributed by atoms with Gasteiger partial charge in [0.05, 0.1) is 11.9 Å². The SMILES string of the molecule is CC1CCC(C(C)C)C(NC(=O)c2ccc(N)cn2)C1. The Morgan fingerprint density at radius 2 is 2.15 bits per heavy atom. The number of aromatic nitrogens is 1. The van der Waals surface area contributed by atoms with Gasteiger partial charge in [-0.2, -0.15) is 0 Å². The Hall–Kier alpha value is -1.58. The average Bonchev–Trinajstić information content (AvgIpc) is 2.39. The summed E-state index contributed by atoms with van der Waals surface area (Å²) < 4.78 is 0. The van der Waals surface area contributed by atoms with Crippen molar-refractivity contribution in [3.8, 4) is 0 Å². The molecule has 0 aliphatic heterocycles. The molecule has 20 heavy (non-hydrogen) atoms. The minimum absolute atomic E-state index is 0.0882. The van der Waals surface area contributed by atoms with Crippen molar-refractivity contribution in [1.82, 2.24) is 10.3 Å². The molecular formula is C16H25N3O. The maximum atomic E-state index is 12.3. The number of rotatable bonds is 3. The summed E-state index contributed by atoms with van der Waals surface area (Å²) in [5, 5.41) is 3.17. The Kier molecular flexibility index (Phi) is 4.63. The molecule has 1 heterocycles. The molecular weight excluding hydrogens is 250 g/mol. The van der Waals surface area contributed by atoms with Gasteiger partial charge in [0.2, 0.25) is 0 Å². The Morgan fingerprint density at radius 3 is 2.75 bits per heavy atom. The maximum absolute atomic E-state index is 12.3. The second-order valence-corrected chi connectivity index (χ2v) is 6.38. The van der Waals surface area contributed by atoms with Crippen LogP contribution < -0.4 is 11.1 Å². The van der Waals surface area contributed by atoms with Crippen molar-refractivity contribution in [1.29, 1.82) is 0 Å². The van der Waals surface area contributed by atoms with E-state index >= 15 is 0 Å². The van der Waals surface area contributed by atoms with Crippen molar-refractivity contribution >= 4 is 11.6 Å². The zero-order valence-electron chi connectivity index (χ0n) is 12.6. The summed E-state index contributed by atoms with van der Waals surface area (Å²) in [7, 11) is 0. The van der Waals surface area contributed by atoms with Gasteiger partial charge in [-0.05, 0) is 42.7 Å². The van der Waals surface area contributed by atoms with Crippen LogP contribution in [0.1, 0.15) is 50.5 Å². The summed E-state index contributed by atoms with van der Waals surface area (Å²) in [5.41, 5.74) is 6.62. The smallest absolute Gasteiger partial charge is 0.270 e. The van der Waals surface area contributed by atoms with Crippen LogP contribution in [-0.4, -0.2) is 16.9 Å². The van der Waals surface area contributed by atoms with Gasteiger partial charge in [-0.15, -0.1) is 0 Å². The van der Waals surface area contributed by atoms with Gasteiger partial charge in [-0.3, -0.25) is 4.79 Å². The van der Waals surface area contributed by atoms with Crippen LogP contribution in [0.3, 0.4) is 0 Å². The third-order valence-electron chi connectivity index (χ3n) is 4.36. The van der Waals surface area contributed by atoms with E-state index in [0.29, 0.717) is 29.1 Å². The topological polar surface area (TPSA) is 68.0 Å². The van der Waals surface area contributed by atoms with Crippen molar-refractivity contribution < 1.29 is 4.79 Å². The summed E-state index contributed by atoms with van der Waals surface area (Å²) in [4.78, 5) is 16.4. The van der Waals surface area contributed by atoms with Crippen molar-refractivity contribution in [3.05, 3.63) is 24.0 Å². The Balaban J connectivity index is 2.05. The number of anilines is 1. The highest BCUT2D eigenvalue weighted by Crippen LogP contribution is 2.33. The lowest BCUT2D eigenvalue weighted by atomic mass is 9.74. The molecule has 1 aromatic rings. The fraction of sp³-hybridized carbons (Fsp3) is 0.625. The van der Waals surface area contributed by atoms with E-state index < -0.39 is 0 Å². The van der Waals surface area contributed by atoms with Crippen LogP contribution in [0.2, 0.25) is 0 Å². The number of carbonyl (C=O) groups is 1. The van der Waals surface area contributed by atoms with E-state index in [4.69, 9.17) is 5.73 Å². The number of carbonyl (C=O) groups excluding carboxylic acids is 1. The minimum atomic E-state index is -0.0882. The molecule has 0 aromatic carbocycles. The van der Waals surface area contributed by atoms with E-state index in [1.165, 1.54) is 19.0 Å². The second kappa shape index (κ2) is 6.25. The molecule has 4 nitrogen and oxygen atoms in total. The minimum Gasteiger partial charge on any atom is -0.397 e.